The molecule has 0 unspecified atom stereocenters. The number of nitrogens with two attached hydrogens (primary N) is 1. The minimum Gasteiger partial charge on any atom is -0.453 e. The van der Waals surface area contributed by atoms with E-state index >= 15 is 0 Å². The van der Waals surface area contributed by atoms with E-state index in [1.165, 1.54) is 24.1 Å². The number of methoxy groups -OCH3 is 1. The maximum atomic E-state index is 11.7. The Kier molecular flexibility index (Phi) is 5.52. The molecule has 112 valence electrons. The number of ether oxygens (including phenoxy) is 1. The van der Waals surface area contributed by atoms with Gasteiger partial charge < -0.3 is 15.4 Å². The Morgan fingerprint density at radius 2 is 1.90 bits per heavy atom. The normalized spacial score (nSPS) is 12.8. The van der Waals surface area contributed by atoms with Gasteiger partial charge in [0.2, 0.25) is 0 Å². The van der Waals surface area contributed by atoms with Crippen LogP contribution in [0.4, 0.5) is 4.79 Å². The highest BCUT2D eigenvalue weighted by molar-refractivity contribution is 7.91. The number of hydrogen-bond donors (Lipinski definition) is 1. The van der Waals surface area contributed by atoms with Crippen molar-refractivity contribution in [2.75, 3.05) is 26.5 Å². The number of nitrogens with zero attached hydrogens (tertiary/aromatic N) is 1. The lowest BCUT2D eigenvalue weighted by Crippen LogP contribution is -2.33. The van der Waals surface area contributed by atoms with Gasteiger partial charge in [0.1, 0.15) is 0 Å². The zero-order valence-corrected chi connectivity index (χ0v) is 12.7. The van der Waals surface area contributed by atoms with E-state index in [0.717, 1.165) is 5.56 Å². The zero-order chi connectivity index (χ0) is 15.3. The second kappa shape index (κ2) is 6.71. The van der Waals surface area contributed by atoms with Crippen molar-refractivity contribution in [2.45, 2.75) is 17.9 Å². The predicted octanol–water partition coefficient (Wildman–Crippen LogP) is 1.18. The molecule has 1 aromatic rings. The first-order chi connectivity index (χ1) is 9.31. The smallest absolute Gasteiger partial charge is 0.409 e. The second-order valence-corrected chi connectivity index (χ2v) is 6.71. The first-order valence-corrected chi connectivity index (χ1v) is 7.84. The van der Waals surface area contributed by atoms with E-state index in [9.17, 15) is 13.2 Å². The summed E-state index contributed by atoms with van der Waals surface area (Å²) >= 11 is 0. The first kappa shape index (κ1) is 16.5. The minimum atomic E-state index is -3.21. The average molecular weight is 300 g/mol. The molecule has 2 N–H and O–H groups in total. The van der Waals surface area contributed by atoms with Crippen molar-refractivity contribution in [3.8, 4) is 0 Å². The fourth-order valence-corrected chi connectivity index (χ4v) is 2.60. The number of benzene rings is 1. The van der Waals surface area contributed by atoms with Gasteiger partial charge in [-0.1, -0.05) is 19.1 Å². The van der Waals surface area contributed by atoms with Crippen LogP contribution in [0.5, 0.6) is 0 Å². The Hall–Kier alpha value is -1.60. The number of rotatable bonds is 5. The quantitative estimate of drug-likeness (QED) is 0.882. The van der Waals surface area contributed by atoms with Gasteiger partial charge in [-0.05, 0) is 17.7 Å². The number of likely N-dealkylation sites (N-methyl/N-ethyl adjacent to an activating group) is 1. The Labute approximate surface area is 119 Å². The summed E-state index contributed by atoms with van der Waals surface area (Å²) in [7, 11) is -0.321. The second-order valence-electron chi connectivity index (χ2n) is 4.43. The third kappa shape index (κ3) is 3.94. The van der Waals surface area contributed by atoms with Gasteiger partial charge in [0.15, 0.2) is 9.84 Å². The van der Waals surface area contributed by atoms with Crippen molar-refractivity contribution >= 4 is 15.9 Å². The van der Waals surface area contributed by atoms with Crippen LogP contribution in [0.3, 0.4) is 0 Å². The molecule has 0 saturated carbocycles. The van der Waals surface area contributed by atoms with Gasteiger partial charge in [-0.2, -0.15) is 0 Å². The lowest BCUT2D eigenvalue weighted by Gasteiger charge is -2.20. The molecule has 0 heterocycles. The number of amides is 1. The van der Waals surface area contributed by atoms with Crippen LogP contribution >= 0.6 is 0 Å². The lowest BCUT2D eigenvalue weighted by atomic mass is 10.1. The molecular weight excluding hydrogens is 280 g/mol. The summed E-state index contributed by atoms with van der Waals surface area (Å²) in [6.07, 6.45) is -0.467. The highest BCUT2D eigenvalue weighted by atomic mass is 32.2. The molecule has 0 aliphatic heterocycles. The van der Waals surface area contributed by atoms with E-state index in [-0.39, 0.29) is 17.2 Å². The van der Waals surface area contributed by atoms with Crippen LogP contribution in [0, 0.1) is 0 Å². The Morgan fingerprint density at radius 3 is 2.35 bits per heavy atom. The molecule has 1 rings (SSSR count). The van der Waals surface area contributed by atoms with Gasteiger partial charge in [-0.15, -0.1) is 0 Å². The Balaban J connectivity index is 2.81. The summed E-state index contributed by atoms with van der Waals surface area (Å²) in [5, 5.41) is 0. The van der Waals surface area contributed by atoms with Crippen LogP contribution in [0.1, 0.15) is 18.5 Å². The van der Waals surface area contributed by atoms with Crippen molar-refractivity contribution < 1.29 is 17.9 Å². The third-order valence-corrected chi connectivity index (χ3v) is 4.75. The Bertz CT molecular complexity index is 554. The summed E-state index contributed by atoms with van der Waals surface area (Å²) in [4.78, 5) is 12.9. The molecule has 0 radical (unpaired) electrons. The van der Waals surface area contributed by atoms with Crippen LogP contribution in [-0.2, 0) is 14.6 Å². The van der Waals surface area contributed by atoms with Crippen LogP contribution in [0.15, 0.2) is 29.2 Å². The van der Waals surface area contributed by atoms with Gasteiger partial charge in [-0.3, -0.25) is 0 Å². The molecule has 0 aromatic heterocycles. The first-order valence-electron chi connectivity index (χ1n) is 6.19. The molecule has 1 atom stereocenters. The van der Waals surface area contributed by atoms with E-state index in [1.54, 1.807) is 26.1 Å². The summed E-state index contributed by atoms with van der Waals surface area (Å²) < 4.78 is 28.0. The molecule has 1 amide bonds. The van der Waals surface area contributed by atoms with Gasteiger partial charge >= 0.3 is 6.09 Å². The molecule has 0 saturated heterocycles. The van der Waals surface area contributed by atoms with E-state index in [1.807, 2.05) is 0 Å². The molecule has 0 aliphatic rings. The maximum Gasteiger partial charge on any atom is 0.409 e. The molecule has 0 fully saturated rings. The molecule has 1 aromatic carbocycles. The number of carbonyl (C=O) groups excluding carboxylic acids is 1. The maximum absolute atomic E-state index is 11.7. The molecule has 0 bridgehead atoms. The fraction of sp³-hybridized carbons (Fsp3) is 0.462. The highest BCUT2D eigenvalue weighted by Crippen LogP contribution is 2.16. The molecule has 0 spiro atoms. The number of carbonyl (C=O) groups is 1. The van der Waals surface area contributed by atoms with Crippen molar-refractivity contribution in [3.05, 3.63) is 29.8 Å². The monoisotopic (exact) mass is 300 g/mol. The van der Waals surface area contributed by atoms with Gasteiger partial charge in [0, 0.05) is 19.6 Å². The standard InChI is InChI=1S/C13H20N2O4S/c1-4-20(17,18)11-7-5-10(6-8-11)12(14)9-15(2)13(16)19-3/h5-8,12H,4,9,14H2,1-3H3/t12-/m0/s1. The SMILES string of the molecule is CCS(=O)(=O)c1ccc([C@@H](N)CN(C)C(=O)OC)cc1. The van der Waals surface area contributed by atoms with E-state index in [0.29, 0.717) is 0 Å². The topological polar surface area (TPSA) is 89.7 Å². The van der Waals surface area contributed by atoms with Crippen molar-refractivity contribution in [2.24, 2.45) is 5.73 Å². The van der Waals surface area contributed by atoms with Crippen molar-refractivity contribution in [1.29, 1.82) is 0 Å². The summed E-state index contributed by atoms with van der Waals surface area (Å²) in [5.41, 5.74) is 6.74. The summed E-state index contributed by atoms with van der Waals surface area (Å²) in [6, 6.07) is 5.99. The molecule has 6 nitrogen and oxygen atoms in total. The van der Waals surface area contributed by atoms with E-state index in [2.05, 4.69) is 4.74 Å². The zero-order valence-electron chi connectivity index (χ0n) is 11.9. The predicted molar refractivity (Wildman–Crippen MR) is 76.1 cm³/mol. The highest BCUT2D eigenvalue weighted by Gasteiger charge is 2.16. The van der Waals surface area contributed by atoms with Crippen LogP contribution in [0.25, 0.3) is 0 Å². The number of sulfone groups is 1. The fourth-order valence-electron chi connectivity index (χ4n) is 1.72. The van der Waals surface area contributed by atoms with E-state index in [4.69, 9.17) is 5.73 Å². The summed E-state index contributed by atoms with van der Waals surface area (Å²) in [6.45, 7) is 1.88. The van der Waals surface area contributed by atoms with Gasteiger partial charge in [-0.25, -0.2) is 13.2 Å². The van der Waals surface area contributed by atoms with Gasteiger partial charge in [0.25, 0.3) is 0 Å². The van der Waals surface area contributed by atoms with Gasteiger partial charge in [0.05, 0.1) is 17.8 Å². The molecule has 20 heavy (non-hydrogen) atoms. The van der Waals surface area contributed by atoms with Crippen LogP contribution in [-0.4, -0.2) is 45.9 Å². The van der Waals surface area contributed by atoms with Crippen molar-refractivity contribution in [3.63, 3.8) is 0 Å². The third-order valence-electron chi connectivity index (χ3n) is 3.00. The minimum absolute atomic E-state index is 0.0590. The molecule has 0 aliphatic carbocycles. The summed E-state index contributed by atoms with van der Waals surface area (Å²) in [5.74, 6) is 0.0590. The molecular formula is C13H20N2O4S. The van der Waals surface area contributed by atoms with Crippen LogP contribution in [0.2, 0.25) is 0 Å². The van der Waals surface area contributed by atoms with Crippen LogP contribution < -0.4 is 5.73 Å². The molecule has 7 heteroatoms. The number of hydrogen-bond acceptors (Lipinski definition) is 5. The van der Waals surface area contributed by atoms with E-state index < -0.39 is 22.0 Å². The largest absolute Gasteiger partial charge is 0.453 e. The average Bonchev–Trinajstić information content (AvgIpc) is 2.46. The Morgan fingerprint density at radius 1 is 1.35 bits per heavy atom. The van der Waals surface area contributed by atoms with Crippen molar-refractivity contribution in [1.82, 2.24) is 4.90 Å². The lowest BCUT2D eigenvalue weighted by molar-refractivity contribution is 0.131.